The van der Waals surface area contributed by atoms with Crippen LogP contribution in [0.2, 0.25) is 0 Å². The molecule has 2 N–H and O–H groups in total. The summed E-state index contributed by atoms with van der Waals surface area (Å²) >= 11 is 0. The molecule has 0 saturated carbocycles. The second-order valence-electron chi connectivity index (χ2n) is 7.41. The number of H-pyrrole nitrogens is 1. The Bertz CT molecular complexity index is 1430. The van der Waals surface area contributed by atoms with Crippen molar-refractivity contribution in [2.45, 2.75) is 31.8 Å². The van der Waals surface area contributed by atoms with Gasteiger partial charge in [0.25, 0.3) is 0 Å². The molecule has 0 spiro atoms. The van der Waals surface area contributed by atoms with Gasteiger partial charge < -0.3 is 9.72 Å². The van der Waals surface area contributed by atoms with Gasteiger partial charge in [0.15, 0.2) is 17.1 Å². The van der Waals surface area contributed by atoms with Crippen LogP contribution >= 0.6 is 0 Å². The number of aryl methyl sites for hydroxylation is 1. The maximum Gasteiger partial charge on any atom is 0.418 e. The molecule has 0 aliphatic carbocycles. The lowest BCUT2D eigenvalue weighted by molar-refractivity contribution is -0.138. The Labute approximate surface area is 185 Å². The van der Waals surface area contributed by atoms with Gasteiger partial charge in [-0.15, -0.1) is 0 Å². The van der Waals surface area contributed by atoms with Crippen molar-refractivity contribution in [2.75, 3.05) is 6.26 Å². The zero-order valence-electron chi connectivity index (χ0n) is 17.8. The van der Waals surface area contributed by atoms with E-state index in [1.54, 1.807) is 0 Å². The summed E-state index contributed by atoms with van der Waals surface area (Å²) in [5, 5.41) is 0. The number of nitrogens with zero attached hydrogens (tertiary/aromatic N) is 1. The van der Waals surface area contributed by atoms with Crippen LogP contribution in [0.25, 0.3) is 11.3 Å². The Morgan fingerprint density at radius 3 is 2.30 bits per heavy atom. The Morgan fingerprint density at radius 2 is 1.76 bits per heavy atom. The number of halogens is 5. The first-order valence-corrected chi connectivity index (χ1v) is 11.3. The van der Waals surface area contributed by atoms with Crippen molar-refractivity contribution < 1.29 is 30.9 Å². The molecule has 176 valence electrons. The lowest BCUT2D eigenvalue weighted by Gasteiger charge is -2.19. The Kier molecular flexibility index (Phi) is 6.09. The minimum Gasteiger partial charge on any atom is -0.438 e. The summed E-state index contributed by atoms with van der Waals surface area (Å²) in [4.78, 5) is 18.7. The molecule has 0 unspecified atom stereocenters. The van der Waals surface area contributed by atoms with E-state index in [0.717, 1.165) is 31.4 Å². The van der Waals surface area contributed by atoms with Crippen molar-refractivity contribution in [3.63, 3.8) is 0 Å². The van der Waals surface area contributed by atoms with Crippen LogP contribution in [0.5, 0.6) is 11.6 Å². The summed E-state index contributed by atoms with van der Waals surface area (Å²) in [6.45, 7) is 3.71. The van der Waals surface area contributed by atoms with Gasteiger partial charge in [0, 0.05) is 29.8 Å². The summed E-state index contributed by atoms with van der Waals surface area (Å²) in [6.07, 6.45) is -3.20. The molecule has 0 bridgehead atoms. The fourth-order valence-corrected chi connectivity index (χ4v) is 4.48. The highest BCUT2D eigenvalue weighted by molar-refractivity contribution is 7.91. The molecule has 33 heavy (non-hydrogen) atoms. The zero-order chi connectivity index (χ0) is 24.9. The smallest absolute Gasteiger partial charge is 0.418 e. The van der Waals surface area contributed by atoms with Gasteiger partial charge in [0.05, 0.1) is 26.5 Å². The van der Waals surface area contributed by atoms with Gasteiger partial charge in [-0.2, -0.15) is 13.2 Å². The monoisotopic (exact) mass is 487 g/mol. The highest BCUT2D eigenvalue weighted by atomic mass is 32.2. The third kappa shape index (κ3) is 4.61. The summed E-state index contributed by atoms with van der Waals surface area (Å²) in [7, 11) is -3.43. The van der Waals surface area contributed by atoms with Crippen LogP contribution < -0.4 is 10.2 Å². The summed E-state index contributed by atoms with van der Waals surface area (Å²) in [6, 6.07) is 2.78. The third-order valence-corrected chi connectivity index (χ3v) is 6.21. The van der Waals surface area contributed by atoms with Gasteiger partial charge in [-0.3, -0.25) is 4.79 Å². The zero-order valence-corrected chi connectivity index (χ0v) is 18.6. The van der Waals surface area contributed by atoms with E-state index in [1.165, 1.54) is 13.8 Å². The molecule has 0 aliphatic rings. The van der Waals surface area contributed by atoms with Gasteiger partial charge in [-0.1, -0.05) is 0 Å². The second-order valence-corrected chi connectivity index (χ2v) is 9.50. The molecule has 12 heteroatoms. The van der Waals surface area contributed by atoms with Crippen LogP contribution in [0.4, 0.5) is 22.0 Å². The van der Waals surface area contributed by atoms with Crippen molar-refractivity contribution in [3.05, 3.63) is 68.6 Å². The maximum atomic E-state index is 14.0. The fourth-order valence-electron chi connectivity index (χ4n) is 3.40. The van der Waals surface area contributed by atoms with Gasteiger partial charge in [-0.25, -0.2) is 22.8 Å². The molecule has 6 nitrogen and oxygen atoms in total. The van der Waals surface area contributed by atoms with E-state index >= 15 is 0 Å². The van der Waals surface area contributed by atoms with E-state index in [0.29, 0.717) is 6.20 Å². The van der Waals surface area contributed by atoms with E-state index in [4.69, 9.17) is 9.52 Å². The lowest BCUT2D eigenvalue weighted by atomic mass is 10.0. The largest absolute Gasteiger partial charge is 0.438 e. The molecule has 1 atom stereocenters. The van der Waals surface area contributed by atoms with E-state index in [2.05, 4.69) is 9.97 Å². The molecule has 0 fully saturated rings. The number of aromatic nitrogens is 2. The number of aromatic amines is 1. The SMILES string of the molecule is Cc1[nH]c(-c2c(Oc3ccc(F)c(F)c3C)ncc(C(F)(F)F)c2C)cc(=O)c1[S@@](C)(=N)=O. The number of alkyl halides is 3. The highest BCUT2D eigenvalue weighted by Crippen LogP contribution is 2.41. The number of nitrogens with one attached hydrogen (secondary N) is 2. The predicted molar refractivity (Wildman–Crippen MR) is 111 cm³/mol. The second kappa shape index (κ2) is 8.25. The van der Waals surface area contributed by atoms with Gasteiger partial charge in [0.1, 0.15) is 10.6 Å². The topological polar surface area (TPSA) is 95.9 Å². The summed E-state index contributed by atoms with van der Waals surface area (Å²) in [5.74, 6) is -2.93. The number of hydrogen-bond acceptors (Lipinski definition) is 5. The van der Waals surface area contributed by atoms with E-state index < -0.39 is 44.4 Å². The van der Waals surface area contributed by atoms with Crippen molar-refractivity contribution in [1.82, 2.24) is 9.97 Å². The first kappa shape index (κ1) is 24.4. The van der Waals surface area contributed by atoms with Crippen molar-refractivity contribution in [3.8, 4) is 22.9 Å². The summed E-state index contributed by atoms with van der Waals surface area (Å²) in [5.41, 5.74) is -2.89. The predicted octanol–water partition coefficient (Wildman–Crippen LogP) is 5.49. The fraction of sp³-hybridized carbons (Fsp3) is 0.238. The molecular weight excluding hydrogens is 469 g/mol. The minimum absolute atomic E-state index is 0.0202. The molecule has 1 aromatic carbocycles. The van der Waals surface area contributed by atoms with E-state index in [-0.39, 0.29) is 38.7 Å². The van der Waals surface area contributed by atoms with Crippen molar-refractivity contribution >= 4 is 9.73 Å². The Morgan fingerprint density at radius 1 is 1.12 bits per heavy atom. The summed E-state index contributed by atoms with van der Waals surface area (Å²) < 4.78 is 93.4. The number of hydrogen-bond donors (Lipinski definition) is 2. The third-order valence-electron chi connectivity index (χ3n) is 4.93. The van der Waals surface area contributed by atoms with Crippen molar-refractivity contribution in [1.29, 1.82) is 4.78 Å². The number of ether oxygens (including phenoxy) is 1. The van der Waals surface area contributed by atoms with Crippen molar-refractivity contribution in [2.24, 2.45) is 0 Å². The number of pyridine rings is 2. The molecule has 0 aliphatic heterocycles. The number of rotatable bonds is 4. The van der Waals surface area contributed by atoms with Crippen LogP contribution in [0, 0.1) is 37.2 Å². The van der Waals surface area contributed by atoms with E-state index in [9.17, 15) is 31.0 Å². The van der Waals surface area contributed by atoms with Crippen LogP contribution in [0.1, 0.15) is 22.4 Å². The molecule has 2 aromatic heterocycles. The van der Waals surface area contributed by atoms with Gasteiger partial charge in [0.2, 0.25) is 5.88 Å². The minimum atomic E-state index is -4.78. The standard InChI is InChI=1S/C21H18F5N3O3S/c1-9-12(21(24,25)26)8-28-20(32-16-6-5-13(22)18(23)10(16)2)17(9)14-7-15(30)19(11(3)29-14)33(4,27)31/h5-8,27H,1-4H3,(H,29,30)/t33-/m0/s1. The van der Waals surface area contributed by atoms with Crippen LogP contribution in [0.3, 0.4) is 0 Å². The van der Waals surface area contributed by atoms with Crippen LogP contribution in [-0.2, 0) is 15.9 Å². The normalized spacial score (nSPS) is 13.6. The molecule has 3 aromatic rings. The lowest BCUT2D eigenvalue weighted by Crippen LogP contribution is -2.17. The first-order chi connectivity index (χ1) is 15.1. The average Bonchev–Trinajstić information content (AvgIpc) is 2.65. The average molecular weight is 487 g/mol. The highest BCUT2D eigenvalue weighted by Gasteiger charge is 2.35. The molecule has 2 heterocycles. The van der Waals surface area contributed by atoms with E-state index in [1.807, 2.05) is 0 Å². The van der Waals surface area contributed by atoms with Crippen LogP contribution in [0.15, 0.2) is 34.1 Å². The Hall–Kier alpha value is -3.28. The molecule has 0 amide bonds. The molecule has 0 saturated heterocycles. The molecular formula is C21H18F5N3O3S. The maximum absolute atomic E-state index is 14.0. The molecule has 0 radical (unpaired) electrons. The number of benzene rings is 1. The van der Waals surface area contributed by atoms with Gasteiger partial charge >= 0.3 is 6.18 Å². The quantitative estimate of drug-likeness (QED) is 0.476. The Balaban J connectivity index is 2.32. The van der Waals surface area contributed by atoms with Crippen LogP contribution in [-0.4, -0.2) is 20.4 Å². The first-order valence-electron chi connectivity index (χ1n) is 9.30. The molecule has 3 rings (SSSR count). The van der Waals surface area contributed by atoms with Gasteiger partial charge in [-0.05, 0) is 38.5 Å².